The first kappa shape index (κ1) is 14.9. The van der Waals surface area contributed by atoms with Crippen molar-refractivity contribution in [2.75, 3.05) is 0 Å². The third-order valence-corrected chi connectivity index (χ3v) is 2.87. The predicted molar refractivity (Wildman–Crippen MR) is 80.7 cm³/mol. The second-order valence-electron chi connectivity index (χ2n) is 4.32. The molecule has 0 spiro atoms. The van der Waals surface area contributed by atoms with Crippen molar-refractivity contribution in [3.8, 4) is 24.2 Å². The standard InChI is InChI=1S/C18H10O4/c1-2-14-15(17(19)20)10-13(11-16(14)18(21)22)9-8-12-6-4-3-5-7-12/h1,3-7,10-11H,(H,19,20)(H,21,22). The number of hydrogen-bond donors (Lipinski definition) is 2. The van der Waals surface area contributed by atoms with Crippen LogP contribution in [-0.2, 0) is 0 Å². The van der Waals surface area contributed by atoms with Gasteiger partial charge in [-0.1, -0.05) is 36.0 Å². The Kier molecular flexibility index (Phi) is 4.27. The highest BCUT2D eigenvalue weighted by molar-refractivity contribution is 5.99. The molecule has 2 N–H and O–H groups in total. The number of terminal acetylenes is 1. The predicted octanol–water partition coefficient (Wildman–Crippen LogP) is 2.46. The third kappa shape index (κ3) is 3.15. The quantitative estimate of drug-likeness (QED) is 0.833. The van der Waals surface area contributed by atoms with Crippen molar-refractivity contribution in [1.82, 2.24) is 0 Å². The minimum absolute atomic E-state index is 0.162. The van der Waals surface area contributed by atoms with Gasteiger partial charge in [0.2, 0.25) is 0 Å². The Bertz CT molecular complexity index is 811. The molecule has 0 atom stereocenters. The molecule has 2 aromatic rings. The van der Waals surface area contributed by atoms with Gasteiger partial charge in [0.25, 0.3) is 0 Å². The highest BCUT2D eigenvalue weighted by Gasteiger charge is 2.18. The van der Waals surface area contributed by atoms with E-state index in [0.29, 0.717) is 0 Å². The van der Waals surface area contributed by atoms with Gasteiger partial charge in [0.1, 0.15) is 0 Å². The van der Waals surface area contributed by atoms with Gasteiger partial charge in [-0.2, -0.15) is 0 Å². The molecule has 0 radical (unpaired) electrons. The van der Waals surface area contributed by atoms with Crippen LogP contribution in [0.2, 0.25) is 0 Å². The number of aromatic carboxylic acids is 2. The van der Waals surface area contributed by atoms with Gasteiger partial charge >= 0.3 is 11.9 Å². The van der Waals surface area contributed by atoms with Gasteiger partial charge in [0, 0.05) is 11.1 Å². The molecule has 0 saturated heterocycles. The third-order valence-electron chi connectivity index (χ3n) is 2.87. The van der Waals surface area contributed by atoms with E-state index in [1.807, 2.05) is 18.2 Å². The van der Waals surface area contributed by atoms with E-state index in [1.54, 1.807) is 12.1 Å². The fourth-order valence-electron chi connectivity index (χ4n) is 1.87. The van der Waals surface area contributed by atoms with Crippen LogP contribution in [0.4, 0.5) is 0 Å². The number of carboxylic acids is 2. The van der Waals surface area contributed by atoms with Gasteiger partial charge in [-0.25, -0.2) is 9.59 Å². The minimum atomic E-state index is -1.29. The summed E-state index contributed by atoms with van der Waals surface area (Å²) in [7, 11) is 0. The Morgan fingerprint density at radius 1 is 0.864 bits per heavy atom. The summed E-state index contributed by atoms with van der Waals surface area (Å²) >= 11 is 0. The first-order valence-corrected chi connectivity index (χ1v) is 6.21. The molecule has 0 amide bonds. The van der Waals surface area contributed by atoms with Crippen molar-refractivity contribution in [3.05, 3.63) is 70.3 Å². The number of rotatable bonds is 2. The Morgan fingerprint density at radius 3 is 1.82 bits per heavy atom. The van der Waals surface area contributed by atoms with Crippen molar-refractivity contribution < 1.29 is 19.8 Å². The molecular weight excluding hydrogens is 280 g/mol. The molecule has 0 aliphatic rings. The molecule has 0 fully saturated rings. The number of carbonyl (C=O) groups is 2. The van der Waals surface area contributed by atoms with Crippen LogP contribution in [0.1, 0.15) is 37.4 Å². The van der Waals surface area contributed by atoms with E-state index < -0.39 is 11.9 Å². The molecule has 0 saturated carbocycles. The SMILES string of the molecule is C#Cc1c(C(=O)O)cc(C#Cc2ccccc2)cc1C(=O)O. The average molecular weight is 290 g/mol. The molecule has 2 rings (SSSR count). The summed E-state index contributed by atoms with van der Waals surface area (Å²) in [6.45, 7) is 0. The van der Waals surface area contributed by atoms with Crippen LogP contribution >= 0.6 is 0 Å². The normalized spacial score (nSPS) is 9.23. The van der Waals surface area contributed by atoms with Crippen LogP contribution in [0.25, 0.3) is 0 Å². The number of carboxylic acid groups (broad SMARTS) is 2. The Labute approximate surface area is 127 Å². The maximum Gasteiger partial charge on any atom is 0.337 e. The summed E-state index contributed by atoms with van der Waals surface area (Å²) < 4.78 is 0. The van der Waals surface area contributed by atoms with Crippen LogP contribution in [0, 0.1) is 24.2 Å². The maximum absolute atomic E-state index is 11.2. The van der Waals surface area contributed by atoms with Gasteiger partial charge in [-0.05, 0) is 24.3 Å². The summed E-state index contributed by atoms with van der Waals surface area (Å²) in [6, 6.07) is 11.6. The van der Waals surface area contributed by atoms with Crippen molar-refractivity contribution in [2.24, 2.45) is 0 Å². The maximum atomic E-state index is 11.2. The highest BCUT2D eigenvalue weighted by Crippen LogP contribution is 2.17. The molecule has 4 nitrogen and oxygen atoms in total. The zero-order valence-electron chi connectivity index (χ0n) is 11.3. The molecule has 0 bridgehead atoms. The zero-order chi connectivity index (χ0) is 16.1. The topological polar surface area (TPSA) is 74.6 Å². The smallest absolute Gasteiger partial charge is 0.337 e. The summed E-state index contributed by atoms with van der Waals surface area (Å²) in [5.74, 6) is 5.13. The van der Waals surface area contributed by atoms with Gasteiger partial charge in [-0.15, -0.1) is 6.42 Å². The summed E-state index contributed by atoms with van der Waals surface area (Å²) in [4.78, 5) is 22.5. The second-order valence-corrected chi connectivity index (χ2v) is 4.32. The van der Waals surface area contributed by atoms with Crippen LogP contribution < -0.4 is 0 Å². The lowest BCUT2D eigenvalue weighted by atomic mass is 9.98. The lowest BCUT2D eigenvalue weighted by Crippen LogP contribution is -2.08. The van der Waals surface area contributed by atoms with Crippen molar-refractivity contribution in [1.29, 1.82) is 0 Å². The largest absolute Gasteiger partial charge is 0.478 e. The minimum Gasteiger partial charge on any atom is -0.478 e. The van der Waals surface area contributed by atoms with Crippen LogP contribution in [0.15, 0.2) is 42.5 Å². The number of benzene rings is 2. The van der Waals surface area contributed by atoms with Crippen molar-refractivity contribution in [3.63, 3.8) is 0 Å². The van der Waals surface area contributed by atoms with Crippen molar-refractivity contribution in [2.45, 2.75) is 0 Å². The molecule has 2 aromatic carbocycles. The first-order chi connectivity index (χ1) is 10.5. The van der Waals surface area contributed by atoms with Gasteiger partial charge in [-0.3, -0.25) is 0 Å². The van der Waals surface area contributed by atoms with Crippen LogP contribution in [0.3, 0.4) is 0 Å². The molecule has 0 aliphatic carbocycles. The van der Waals surface area contributed by atoms with Gasteiger partial charge in [0.05, 0.1) is 16.7 Å². The molecule has 0 unspecified atom stereocenters. The highest BCUT2D eigenvalue weighted by atomic mass is 16.4. The second kappa shape index (κ2) is 6.30. The van der Waals surface area contributed by atoms with Crippen LogP contribution in [-0.4, -0.2) is 22.2 Å². The Morgan fingerprint density at radius 2 is 1.36 bits per heavy atom. The lowest BCUT2D eigenvalue weighted by molar-refractivity contribution is 0.0696. The fraction of sp³-hybridized carbons (Fsp3) is 0. The first-order valence-electron chi connectivity index (χ1n) is 6.21. The summed E-state index contributed by atoms with van der Waals surface area (Å²) in [5, 5.41) is 18.4. The fourth-order valence-corrected chi connectivity index (χ4v) is 1.87. The molecular formula is C18H10O4. The molecule has 106 valence electrons. The summed E-state index contributed by atoms with van der Waals surface area (Å²) in [6.07, 6.45) is 5.23. The molecule has 22 heavy (non-hydrogen) atoms. The molecule has 0 aromatic heterocycles. The molecule has 0 aliphatic heterocycles. The van der Waals surface area contributed by atoms with E-state index in [2.05, 4.69) is 17.8 Å². The van der Waals surface area contributed by atoms with E-state index in [9.17, 15) is 19.8 Å². The zero-order valence-corrected chi connectivity index (χ0v) is 11.3. The van der Waals surface area contributed by atoms with Crippen molar-refractivity contribution >= 4 is 11.9 Å². The van der Waals surface area contributed by atoms with Gasteiger partial charge < -0.3 is 10.2 Å². The van der Waals surface area contributed by atoms with E-state index in [0.717, 1.165) is 5.56 Å². The molecule has 4 heteroatoms. The lowest BCUT2D eigenvalue weighted by Gasteiger charge is -2.05. The van der Waals surface area contributed by atoms with E-state index in [-0.39, 0.29) is 22.3 Å². The number of hydrogen-bond acceptors (Lipinski definition) is 2. The monoisotopic (exact) mass is 290 g/mol. The summed E-state index contributed by atoms with van der Waals surface area (Å²) in [5.41, 5.74) is 0.347. The Balaban J connectivity index is 2.59. The Hall–Kier alpha value is -3.50. The van der Waals surface area contributed by atoms with E-state index in [4.69, 9.17) is 6.42 Å². The average Bonchev–Trinajstić information content (AvgIpc) is 2.52. The van der Waals surface area contributed by atoms with Gasteiger partial charge in [0.15, 0.2) is 0 Å². The molecule has 0 heterocycles. The van der Waals surface area contributed by atoms with E-state index >= 15 is 0 Å². The van der Waals surface area contributed by atoms with Crippen LogP contribution in [0.5, 0.6) is 0 Å². The van der Waals surface area contributed by atoms with E-state index in [1.165, 1.54) is 12.1 Å².